The fraction of sp³-hybridized carbons (Fsp3) is 0.133. The molecular weight excluding hydrogens is 297 g/mol. The number of halogens is 2. The molecular formula is C15H13Cl2NO2. The molecule has 0 radical (unpaired) electrons. The standard InChI is InChI=1S/C15H13Cl2NO2/c1-9-3-4-11(8-14(9)17)18-15(19)20-12-5-6-13(16)10(2)7-12/h3-8H,1-2H3,(H,18,19). The summed E-state index contributed by atoms with van der Waals surface area (Å²) in [6, 6.07) is 10.3. The Bertz CT molecular complexity index is 601. The van der Waals surface area contributed by atoms with Crippen LogP contribution in [0.15, 0.2) is 36.4 Å². The second kappa shape index (κ2) is 6.16. The number of anilines is 1. The van der Waals surface area contributed by atoms with Gasteiger partial charge in [0.2, 0.25) is 0 Å². The van der Waals surface area contributed by atoms with E-state index in [1.54, 1.807) is 30.3 Å². The van der Waals surface area contributed by atoms with Crippen molar-refractivity contribution < 1.29 is 9.53 Å². The van der Waals surface area contributed by atoms with Gasteiger partial charge in [0, 0.05) is 15.7 Å². The topological polar surface area (TPSA) is 38.3 Å². The summed E-state index contributed by atoms with van der Waals surface area (Å²) in [6.45, 7) is 3.73. The first-order valence-corrected chi connectivity index (χ1v) is 6.72. The van der Waals surface area contributed by atoms with E-state index in [-0.39, 0.29) is 0 Å². The van der Waals surface area contributed by atoms with Crippen LogP contribution in [0.3, 0.4) is 0 Å². The van der Waals surface area contributed by atoms with Crippen LogP contribution in [-0.2, 0) is 0 Å². The van der Waals surface area contributed by atoms with Crippen molar-refractivity contribution in [2.75, 3.05) is 5.32 Å². The molecule has 20 heavy (non-hydrogen) atoms. The van der Waals surface area contributed by atoms with Gasteiger partial charge in [-0.15, -0.1) is 0 Å². The second-order valence-corrected chi connectivity index (χ2v) is 5.20. The maximum Gasteiger partial charge on any atom is 0.417 e. The van der Waals surface area contributed by atoms with Crippen molar-refractivity contribution in [3.63, 3.8) is 0 Å². The zero-order valence-corrected chi connectivity index (χ0v) is 12.5. The van der Waals surface area contributed by atoms with Gasteiger partial charge in [-0.2, -0.15) is 0 Å². The zero-order valence-electron chi connectivity index (χ0n) is 11.0. The van der Waals surface area contributed by atoms with Gasteiger partial charge in [-0.3, -0.25) is 5.32 Å². The fourth-order valence-electron chi connectivity index (χ4n) is 1.60. The number of nitrogens with one attached hydrogen (secondary N) is 1. The SMILES string of the molecule is Cc1cc(OC(=O)Nc2ccc(C)c(Cl)c2)ccc1Cl. The lowest BCUT2D eigenvalue weighted by atomic mass is 10.2. The molecule has 1 amide bonds. The predicted molar refractivity (Wildman–Crippen MR) is 82.0 cm³/mol. The fourth-order valence-corrected chi connectivity index (χ4v) is 1.90. The molecule has 2 aromatic carbocycles. The number of hydrogen-bond acceptors (Lipinski definition) is 2. The van der Waals surface area contributed by atoms with Gasteiger partial charge < -0.3 is 4.74 Å². The lowest BCUT2D eigenvalue weighted by Crippen LogP contribution is -2.16. The summed E-state index contributed by atoms with van der Waals surface area (Å²) in [5.41, 5.74) is 2.37. The van der Waals surface area contributed by atoms with Crippen LogP contribution >= 0.6 is 23.2 Å². The van der Waals surface area contributed by atoms with Crippen molar-refractivity contribution in [3.05, 3.63) is 57.6 Å². The van der Waals surface area contributed by atoms with Crippen molar-refractivity contribution in [1.82, 2.24) is 0 Å². The summed E-state index contributed by atoms with van der Waals surface area (Å²) in [7, 11) is 0. The number of aryl methyl sites for hydroxylation is 2. The number of ether oxygens (including phenoxy) is 1. The third kappa shape index (κ3) is 3.65. The van der Waals surface area contributed by atoms with Crippen LogP contribution in [0.4, 0.5) is 10.5 Å². The zero-order chi connectivity index (χ0) is 14.7. The molecule has 2 rings (SSSR count). The van der Waals surface area contributed by atoms with Crippen molar-refractivity contribution in [3.8, 4) is 5.75 Å². The molecule has 104 valence electrons. The van der Waals surface area contributed by atoms with Crippen molar-refractivity contribution >= 4 is 35.0 Å². The highest BCUT2D eigenvalue weighted by atomic mass is 35.5. The maximum atomic E-state index is 11.8. The van der Waals surface area contributed by atoms with Crippen LogP contribution < -0.4 is 10.1 Å². The second-order valence-electron chi connectivity index (χ2n) is 4.39. The summed E-state index contributed by atoms with van der Waals surface area (Å²) >= 11 is 11.9. The van der Waals surface area contributed by atoms with E-state index in [1.807, 2.05) is 19.9 Å². The van der Waals surface area contributed by atoms with Gasteiger partial charge in [0.05, 0.1) is 0 Å². The Labute approximate surface area is 127 Å². The normalized spacial score (nSPS) is 10.2. The van der Waals surface area contributed by atoms with E-state index in [4.69, 9.17) is 27.9 Å². The quantitative estimate of drug-likeness (QED) is 0.825. The van der Waals surface area contributed by atoms with E-state index >= 15 is 0 Å². The van der Waals surface area contributed by atoms with Gasteiger partial charge in [-0.1, -0.05) is 29.3 Å². The van der Waals surface area contributed by atoms with Gasteiger partial charge in [0.25, 0.3) is 0 Å². The van der Waals surface area contributed by atoms with Gasteiger partial charge in [-0.05, 0) is 55.3 Å². The highest BCUT2D eigenvalue weighted by molar-refractivity contribution is 6.31. The van der Waals surface area contributed by atoms with Crippen LogP contribution in [-0.4, -0.2) is 6.09 Å². The van der Waals surface area contributed by atoms with E-state index in [0.29, 0.717) is 21.5 Å². The largest absolute Gasteiger partial charge is 0.417 e. The van der Waals surface area contributed by atoms with Crippen molar-refractivity contribution in [1.29, 1.82) is 0 Å². The average Bonchev–Trinajstić information content (AvgIpc) is 2.38. The third-order valence-electron chi connectivity index (χ3n) is 2.76. The van der Waals surface area contributed by atoms with Crippen LogP contribution in [0.2, 0.25) is 10.0 Å². The Balaban J connectivity index is 2.04. The number of carbonyl (C=O) groups excluding carboxylic acids is 1. The summed E-state index contributed by atoms with van der Waals surface area (Å²) in [4.78, 5) is 11.8. The first-order chi connectivity index (χ1) is 9.45. The first kappa shape index (κ1) is 14.7. The Hall–Kier alpha value is -1.71. The lowest BCUT2D eigenvalue weighted by molar-refractivity contribution is 0.215. The molecule has 0 spiro atoms. The van der Waals surface area contributed by atoms with Gasteiger partial charge in [0.15, 0.2) is 0 Å². The molecule has 0 fully saturated rings. The predicted octanol–water partition coefficient (Wildman–Crippen LogP) is 5.22. The number of rotatable bonds is 2. The molecule has 0 unspecified atom stereocenters. The summed E-state index contributed by atoms with van der Waals surface area (Å²) in [5.74, 6) is 0.433. The van der Waals surface area contributed by atoms with Crippen molar-refractivity contribution in [2.45, 2.75) is 13.8 Å². The van der Waals surface area contributed by atoms with E-state index in [9.17, 15) is 4.79 Å². The molecule has 0 aliphatic carbocycles. The number of amides is 1. The minimum Gasteiger partial charge on any atom is -0.410 e. The number of benzene rings is 2. The van der Waals surface area contributed by atoms with E-state index in [0.717, 1.165) is 11.1 Å². The van der Waals surface area contributed by atoms with Gasteiger partial charge in [-0.25, -0.2) is 4.79 Å². The molecule has 5 heteroatoms. The molecule has 0 aliphatic heterocycles. The Morgan fingerprint density at radius 2 is 1.75 bits per heavy atom. The lowest BCUT2D eigenvalue weighted by Gasteiger charge is -2.08. The van der Waals surface area contributed by atoms with Crippen LogP contribution in [0, 0.1) is 13.8 Å². The smallest absolute Gasteiger partial charge is 0.410 e. The van der Waals surface area contributed by atoms with E-state index in [2.05, 4.69) is 5.32 Å². The number of hydrogen-bond donors (Lipinski definition) is 1. The van der Waals surface area contributed by atoms with Gasteiger partial charge in [0.1, 0.15) is 5.75 Å². The highest BCUT2D eigenvalue weighted by Crippen LogP contribution is 2.22. The van der Waals surface area contributed by atoms with Crippen LogP contribution in [0.1, 0.15) is 11.1 Å². The van der Waals surface area contributed by atoms with Gasteiger partial charge >= 0.3 is 6.09 Å². The van der Waals surface area contributed by atoms with Crippen molar-refractivity contribution in [2.24, 2.45) is 0 Å². The third-order valence-corrected chi connectivity index (χ3v) is 3.59. The highest BCUT2D eigenvalue weighted by Gasteiger charge is 2.07. The molecule has 0 heterocycles. The minimum atomic E-state index is -0.577. The summed E-state index contributed by atoms with van der Waals surface area (Å²) in [6.07, 6.45) is -0.577. The van der Waals surface area contributed by atoms with Crippen LogP contribution in [0.25, 0.3) is 0 Å². The molecule has 1 N–H and O–H groups in total. The molecule has 0 aromatic heterocycles. The molecule has 0 atom stereocenters. The van der Waals surface area contributed by atoms with E-state index < -0.39 is 6.09 Å². The minimum absolute atomic E-state index is 0.433. The maximum absolute atomic E-state index is 11.8. The monoisotopic (exact) mass is 309 g/mol. The molecule has 0 saturated heterocycles. The molecule has 2 aromatic rings. The summed E-state index contributed by atoms with van der Waals surface area (Å²) in [5, 5.41) is 3.83. The Kier molecular flexibility index (Phi) is 4.53. The molecule has 3 nitrogen and oxygen atoms in total. The molecule has 0 saturated carbocycles. The Morgan fingerprint density at radius 1 is 1.00 bits per heavy atom. The Morgan fingerprint density at radius 3 is 2.40 bits per heavy atom. The average molecular weight is 310 g/mol. The molecule has 0 aliphatic rings. The number of carbonyl (C=O) groups is 1. The summed E-state index contributed by atoms with van der Waals surface area (Å²) < 4.78 is 5.17. The van der Waals surface area contributed by atoms with Crippen LogP contribution in [0.5, 0.6) is 5.75 Å². The first-order valence-electron chi connectivity index (χ1n) is 5.97. The van der Waals surface area contributed by atoms with E-state index in [1.165, 1.54) is 0 Å². The molecule has 0 bridgehead atoms.